The van der Waals surface area contributed by atoms with Gasteiger partial charge < -0.3 is 0 Å². The average Bonchev–Trinajstić information content (AvgIpc) is 2.58. The maximum absolute atomic E-state index is 13.9. The zero-order valence-corrected chi connectivity index (χ0v) is 13.0. The summed E-state index contributed by atoms with van der Waals surface area (Å²) in [4.78, 5) is 0. The second-order valence-electron chi connectivity index (χ2n) is 5.18. The highest BCUT2D eigenvalue weighted by Gasteiger charge is 2.01. The van der Waals surface area contributed by atoms with Gasteiger partial charge in [0.25, 0.3) is 0 Å². The molecule has 0 N–H and O–H groups in total. The van der Waals surface area contributed by atoms with Gasteiger partial charge in [-0.15, -0.1) is 0 Å². The minimum absolute atomic E-state index is 0.282. The van der Waals surface area contributed by atoms with Gasteiger partial charge in [0.15, 0.2) is 0 Å². The van der Waals surface area contributed by atoms with Crippen LogP contribution in [-0.2, 0) is 6.42 Å². The largest absolute Gasteiger partial charge is 0.206 e. The summed E-state index contributed by atoms with van der Waals surface area (Å²) in [6.45, 7) is 2.11. The molecule has 0 aliphatic rings. The first-order chi connectivity index (χ1) is 11.2. The zero-order chi connectivity index (χ0) is 16.5. The maximum atomic E-state index is 13.9. The quantitative estimate of drug-likeness (QED) is 0.573. The van der Waals surface area contributed by atoms with E-state index in [4.69, 9.17) is 5.26 Å². The number of hydrogen-bond acceptors (Lipinski definition) is 3. The van der Waals surface area contributed by atoms with E-state index in [0.29, 0.717) is 11.1 Å². The van der Waals surface area contributed by atoms with E-state index in [-0.39, 0.29) is 5.82 Å². The van der Waals surface area contributed by atoms with Crippen LogP contribution in [0.2, 0.25) is 0 Å². The molecule has 0 spiro atoms. The van der Waals surface area contributed by atoms with Crippen LogP contribution in [0, 0.1) is 17.1 Å². The van der Waals surface area contributed by atoms with E-state index in [1.807, 2.05) is 6.07 Å². The van der Waals surface area contributed by atoms with Gasteiger partial charge >= 0.3 is 0 Å². The molecule has 0 amide bonds. The molecule has 0 heterocycles. The van der Waals surface area contributed by atoms with Crippen molar-refractivity contribution in [2.24, 2.45) is 10.2 Å². The van der Waals surface area contributed by atoms with E-state index in [2.05, 4.69) is 23.2 Å². The molecule has 0 atom stereocenters. The Kier molecular flexibility index (Phi) is 6.19. The van der Waals surface area contributed by atoms with Gasteiger partial charge in [-0.3, -0.25) is 0 Å². The molecule has 2 aromatic rings. The highest BCUT2D eigenvalue weighted by molar-refractivity contribution is 5.83. The van der Waals surface area contributed by atoms with Gasteiger partial charge in [-0.25, -0.2) is 4.39 Å². The van der Waals surface area contributed by atoms with Crippen molar-refractivity contribution < 1.29 is 4.39 Å². The SMILES string of the molecule is CCCCc1ccc(C=NN=Cc2ccc(C#N)cc2)c(F)c1. The Morgan fingerprint density at radius 2 is 1.83 bits per heavy atom. The Morgan fingerprint density at radius 1 is 1.09 bits per heavy atom. The van der Waals surface area contributed by atoms with E-state index in [1.165, 1.54) is 6.21 Å². The normalized spacial score (nSPS) is 11.2. The van der Waals surface area contributed by atoms with Gasteiger partial charge in [0, 0.05) is 5.56 Å². The summed E-state index contributed by atoms with van der Waals surface area (Å²) in [5.41, 5.74) is 2.84. The van der Waals surface area contributed by atoms with Gasteiger partial charge in [-0.2, -0.15) is 15.5 Å². The third-order valence-electron chi connectivity index (χ3n) is 3.39. The molecule has 0 radical (unpaired) electrons. The van der Waals surface area contributed by atoms with Gasteiger partial charge in [-0.1, -0.05) is 37.6 Å². The zero-order valence-electron chi connectivity index (χ0n) is 13.0. The van der Waals surface area contributed by atoms with Crippen LogP contribution in [-0.4, -0.2) is 12.4 Å². The van der Waals surface area contributed by atoms with Crippen LogP contribution in [0.25, 0.3) is 0 Å². The standard InChI is InChI=1S/C19H18FN3/c1-2-3-4-15-9-10-18(19(20)11-15)14-23-22-13-17-7-5-16(12-21)6-8-17/h5-11,13-14H,2-4H2,1H3. The summed E-state index contributed by atoms with van der Waals surface area (Å²) in [5, 5.41) is 16.5. The number of halogens is 1. The fourth-order valence-corrected chi connectivity index (χ4v) is 2.05. The topological polar surface area (TPSA) is 48.5 Å². The summed E-state index contributed by atoms with van der Waals surface area (Å²) < 4.78 is 13.9. The first kappa shape index (κ1) is 16.6. The maximum Gasteiger partial charge on any atom is 0.132 e. The number of unbranched alkanes of at least 4 members (excludes halogenated alkanes) is 1. The lowest BCUT2D eigenvalue weighted by molar-refractivity contribution is 0.622. The molecule has 0 unspecified atom stereocenters. The fourth-order valence-electron chi connectivity index (χ4n) is 2.05. The van der Waals surface area contributed by atoms with Gasteiger partial charge in [0.2, 0.25) is 0 Å². The first-order valence-electron chi connectivity index (χ1n) is 7.58. The van der Waals surface area contributed by atoms with Gasteiger partial charge in [0.05, 0.1) is 24.1 Å². The molecule has 0 saturated heterocycles. The van der Waals surface area contributed by atoms with E-state index in [9.17, 15) is 4.39 Å². The molecule has 4 heteroatoms. The van der Waals surface area contributed by atoms with Crippen molar-refractivity contribution in [2.45, 2.75) is 26.2 Å². The third kappa shape index (κ3) is 5.15. The number of aryl methyl sites for hydroxylation is 1. The number of nitriles is 1. The minimum atomic E-state index is -0.282. The molecule has 3 nitrogen and oxygen atoms in total. The van der Waals surface area contributed by atoms with Crippen molar-refractivity contribution >= 4 is 12.4 Å². The van der Waals surface area contributed by atoms with Gasteiger partial charge in [-0.05, 0) is 42.2 Å². The Balaban J connectivity index is 1.99. The number of hydrogen-bond donors (Lipinski definition) is 0. The van der Waals surface area contributed by atoms with Crippen LogP contribution in [0.1, 0.15) is 42.0 Å². The molecular formula is C19H18FN3. The Labute approximate surface area is 135 Å². The second kappa shape index (κ2) is 8.60. The molecule has 0 aliphatic carbocycles. The predicted octanol–water partition coefficient (Wildman–Crippen LogP) is 4.49. The lowest BCUT2D eigenvalue weighted by atomic mass is 10.1. The molecular weight excluding hydrogens is 289 g/mol. The molecule has 0 saturated carbocycles. The predicted molar refractivity (Wildman–Crippen MR) is 91.4 cm³/mol. The average molecular weight is 307 g/mol. The summed E-state index contributed by atoms with van der Waals surface area (Å²) in [7, 11) is 0. The fraction of sp³-hybridized carbons (Fsp3) is 0.211. The Bertz CT molecular complexity index is 740. The number of nitrogens with zero attached hydrogens (tertiary/aromatic N) is 3. The molecule has 23 heavy (non-hydrogen) atoms. The van der Waals surface area contributed by atoms with Crippen molar-refractivity contribution in [1.29, 1.82) is 5.26 Å². The summed E-state index contributed by atoms with van der Waals surface area (Å²) >= 11 is 0. The number of benzene rings is 2. The van der Waals surface area contributed by atoms with Crippen molar-refractivity contribution in [3.63, 3.8) is 0 Å². The third-order valence-corrected chi connectivity index (χ3v) is 3.39. The van der Waals surface area contributed by atoms with Crippen LogP contribution in [0.4, 0.5) is 4.39 Å². The molecule has 116 valence electrons. The van der Waals surface area contributed by atoms with E-state index >= 15 is 0 Å². The Hall–Kier alpha value is -2.80. The molecule has 0 fully saturated rings. The van der Waals surface area contributed by atoms with Crippen LogP contribution >= 0.6 is 0 Å². The van der Waals surface area contributed by atoms with Crippen molar-refractivity contribution in [3.8, 4) is 6.07 Å². The lowest BCUT2D eigenvalue weighted by Gasteiger charge is -2.01. The molecule has 0 aromatic heterocycles. The highest BCUT2D eigenvalue weighted by Crippen LogP contribution is 2.11. The Morgan fingerprint density at radius 3 is 2.48 bits per heavy atom. The monoisotopic (exact) mass is 307 g/mol. The summed E-state index contributed by atoms with van der Waals surface area (Å²) in [6.07, 6.45) is 6.00. The molecule has 2 rings (SSSR count). The van der Waals surface area contributed by atoms with Crippen molar-refractivity contribution in [1.82, 2.24) is 0 Å². The minimum Gasteiger partial charge on any atom is -0.206 e. The number of rotatable bonds is 6. The second-order valence-corrected chi connectivity index (χ2v) is 5.18. The smallest absolute Gasteiger partial charge is 0.132 e. The summed E-state index contributed by atoms with van der Waals surface area (Å²) in [6, 6.07) is 14.2. The molecule has 0 aliphatic heterocycles. The van der Waals surface area contributed by atoms with Crippen molar-refractivity contribution in [3.05, 3.63) is 70.5 Å². The van der Waals surface area contributed by atoms with Crippen LogP contribution in [0.5, 0.6) is 0 Å². The van der Waals surface area contributed by atoms with E-state index in [0.717, 1.165) is 30.4 Å². The summed E-state index contributed by atoms with van der Waals surface area (Å²) in [5.74, 6) is -0.282. The molecule has 0 bridgehead atoms. The molecule has 2 aromatic carbocycles. The van der Waals surface area contributed by atoms with Crippen molar-refractivity contribution in [2.75, 3.05) is 0 Å². The van der Waals surface area contributed by atoms with E-state index in [1.54, 1.807) is 42.6 Å². The van der Waals surface area contributed by atoms with Crippen LogP contribution in [0.3, 0.4) is 0 Å². The van der Waals surface area contributed by atoms with E-state index < -0.39 is 0 Å². The lowest BCUT2D eigenvalue weighted by Crippen LogP contribution is -1.92. The van der Waals surface area contributed by atoms with Crippen LogP contribution < -0.4 is 0 Å². The van der Waals surface area contributed by atoms with Crippen LogP contribution in [0.15, 0.2) is 52.7 Å². The first-order valence-corrected chi connectivity index (χ1v) is 7.58. The van der Waals surface area contributed by atoms with Gasteiger partial charge in [0.1, 0.15) is 5.82 Å². The highest BCUT2D eigenvalue weighted by atomic mass is 19.1.